The van der Waals surface area contributed by atoms with Gasteiger partial charge in [-0.2, -0.15) is 22.0 Å². The number of ether oxygens (including phenoxy) is 1. The third-order valence-electron chi connectivity index (χ3n) is 1.90. The zero-order valence-corrected chi connectivity index (χ0v) is 10.7. The number of alkyl halides is 6. The standard InChI is InChI=1S/C9H4BrF6NO3/c10-4-1-5(17(18)19)3-6(2-4)20-9(15,16)7(11)8(12,13)14/h1-3,7H. The maximum Gasteiger partial charge on any atom is 0.439 e. The van der Waals surface area contributed by atoms with E-state index in [1.165, 1.54) is 0 Å². The summed E-state index contributed by atoms with van der Waals surface area (Å²) in [6, 6.07) is 2.09. The third-order valence-corrected chi connectivity index (χ3v) is 2.36. The predicted octanol–water partition coefficient (Wildman–Crippen LogP) is 4.23. The van der Waals surface area contributed by atoms with Crippen LogP contribution in [0.25, 0.3) is 0 Å². The minimum absolute atomic E-state index is 0.0973. The molecule has 4 nitrogen and oxygen atoms in total. The first-order valence-corrected chi connectivity index (χ1v) is 5.45. The summed E-state index contributed by atoms with van der Waals surface area (Å²) >= 11 is 2.72. The molecule has 112 valence electrons. The highest BCUT2D eigenvalue weighted by Crippen LogP contribution is 2.37. The molecule has 0 aliphatic rings. The molecular weight excluding hydrogens is 364 g/mol. The SMILES string of the molecule is O=[N+]([O-])c1cc(Br)cc(OC(F)(F)C(F)C(F)(F)F)c1. The van der Waals surface area contributed by atoms with Gasteiger partial charge in [-0.05, 0) is 6.07 Å². The van der Waals surface area contributed by atoms with Gasteiger partial charge in [0.05, 0.1) is 11.0 Å². The topological polar surface area (TPSA) is 52.4 Å². The van der Waals surface area contributed by atoms with Gasteiger partial charge >= 0.3 is 12.3 Å². The van der Waals surface area contributed by atoms with Gasteiger partial charge in [0.2, 0.25) is 0 Å². The van der Waals surface area contributed by atoms with Crippen LogP contribution in [0.5, 0.6) is 5.75 Å². The van der Waals surface area contributed by atoms with E-state index in [0.717, 1.165) is 12.1 Å². The van der Waals surface area contributed by atoms with E-state index in [0.29, 0.717) is 6.07 Å². The van der Waals surface area contributed by atoms with Crippen LogP contribution in [-0.2, 0) is 0 Å². The Labute approximate surface area is 115 Å². The van der Waals surface area contributed by atoms with Crippen LogP contribution in [0.3, 0.4) is 0 Å². The molecule has 0 radical (unpaired) electrons. The van der Waals surface area contributed by atoms with E-state index in [-0.39, 0.29) is 4.47 Å². The van der Waals surface area contributed by atoms with Crippen LogP contribution in [0, 0.1) is 10.1 Å². The first-order chi connectivity index (χ1) is 8.93. The monoisotopic (exact) mass is 367 g/mol. The Morgan fingerprint density at radius 3 is 2.20 bits per heavy atom. The van der Waals surface area contributed by atoms with Gasteiger partial charge in [-0.1, -0.05) is 15.9 Å². The summed E-state index contributed by atoms with van der Waals surface area (Å²) in [5, 5.41) is 10.5. The molecule has 1 aromatic rings. The second-order valence-electron chi connectivity index (χ2n) is 3.47. The molecule has 0 amide bonds. The summed E-state index contributed by atoms with van der Waals surface area (Å²) in [6.45, 7) is 0. The Kier molecular flexibility index (Phi) is 4.52. The van der Waals surface area contributed by atoms with Crippen LogP contribution < -0.4 is 4.74 Å². The highest BCUT2D eigenvalue weighted by molar-refractivity contribution is 9.10. The van der Waals surface area contributed by atoms with E-state index in [9.17, 15) is 36.5 Å². The fourth-order valence-corrected chi connectivity index (χ4v) is 1.57. The molecule has 1 rings (SSSR count). The molecule has 0 N–H and O–H groups in total. The normalized spacial score (nSPS) is 13.9. The zero-order chi connectivity index (χ0) is 15.7. The second-order valence-corrected chi connectivity index (χ2v) is 4.39. The van der Waals surface area contributed by atoms with Gasteiger partial charge < -0.3 is 4.74 Å². The fraction of sp³-hybridized carbons (Fsp3) is 0.333. The molecule has 20 heavy (non-hydrogen) atoms. The molecule has 0 aromatic heterocycles. The number of nitro groups is 1. The average molecular weight is 368 g/mol. The van der Waals surface area contributed by atoms with Crippen LogP contribution in [0.4, 0.5) is 32.0 Å². The van der Waals surface area contributed by atoms with Crippen molar-refractivity contribution in [2.45, 2.75) is 18.5 Å². The second kappa shape index (κ2) is 5.46. The van der Waals surface area contributed by atoms with E-state index >= 15 is 0 Å². The Morgan fingerprint density at radius 1 is 1.20 bits per heavy atom. The summed E-state index contributed by atoms with van der Waals surface area (Å²) in [5.41, 5.74) is -0.715. The molecular formula is C9H4BrF6NO3. The van der Waals surface area contributed by atoms with Gasteiger partial charge in [0.25, 0.3) is 11.9 Å². The number of nitro benzene ring substituents is 1. The molecule has 1 atom stereocenters. The van der Waals surface area contributed by atoms with Gasteiger partial charge in [0.15, 0.2) is 0 Å². The van der Waals surface area contributed by atoms with Crippen LogP contribution in [0.15, 0.2) is 22.7 Å². The number of nitrogens with zero attached hydrogens (tertiary/aromatic N) is 1. The Bertz CT molecular complexity index is 521. The lowest BCUT2D eigenvalue weighted by Crippen LogP contribution is -2.45. The molecule has 0 aliphatic heterocycles. The number of hydrogen-bond acceptors (Lipinski definition) is 3. The average Bonchev–Trinajstić information content (AvgIpc) is 2.25. The number of rotatable bonds is 4. The summed E-state index contributed by atoms with van der Waals surface area (Å²) in [7, 11) is 0. The molecule has 0 spiro atoms. The summed E-state index contributed by atoms with van der Waals surface area (Å²) in [5.74, 6) is -0.983. The first-order valence-electron chi connectivity index (χ1n) is 4.66. The van der Waals surface area contributed by atoms with E-state index in [1.54, 1.807) is 0 Å². The van der Waals surface area contributed by atoms with Gasteiger partial charge in [0.1, 0.15) is 5.75 Å². The molecule has 0 heterocycles. The molecule has 0 bridgehead atoms. The van der Waals surface area contributed by atoms with E-state index in [4.69, 9.17) is 0 Å². The maximum atomic E-state index is 13.0. The Morgan fingerprint density at radius 2 is 1.75 bits per heavy atom. The number of benzene rings is 1. The first kappa shape index (κ1) is 16.5. The molecule has 1 unspecified atom stereocenters. The molecule has 0 fully saturated rings. The lowest BCUT2D eigenvalue weighted by molar-refractivity contribution is -0.385. The third kappa shape index (κ3) is 3.99. The summed E-state index contributed by atoms with van der Waals surface area (Å²) in [6.07, 6.45) is -15.6. The van der Waals surface area contributed by atoms with Gasteiger partial charge in [0, 0.05) is 10.5 Å². The van der Waals surface area contributed by atoms with Gasteiger partial charge in [-0.25, -0.2) is 4.39 Å². The number of non-ortho nitro benzene ring substituents is 1. The summed E-state index contributed by atoms with van der Waals surface area (Å²) in [4.78, 5) is 9.47. The van der Waals surface area contributed by atoms with Crippen molar-refractivity contribution >= 4 is 21.6 Å². The van der Waals surface area contributed by atoms with Crippen LogP contribution in [0.1, 0.15) is 0 Å². The minimum atomic E-state index is -5.83. The van der Waals surface area contributed by atoms with Crippen LogP contribution in [-0.4, -0.2) is 23.4 Å². The lowest BCUT2D eigenvalue weighted by atomic mass is 10.3. The van der Waals surface area contributed by atoms with Gasteiger partial charge in [-0.3, -0.25) is 10.1 Å². The van der Waals surface area contributed by atoms with E-state index < -0.39 is 34.8 Å². The minimum Gasteiger partial charge on any atom is -0.430 e. The van der Waals surface area contributed by atoms with Crippen LogP contribution >= 0.6 is 15.9 Å². The van der Waals surface area contributed by atoms with E-state index in [1.807, 2.05) is 0 Å². The largest absolute Gasteiger partial charge is 0.439 e. The molecule has 0 aliphatic carbocycles. The van der Waals surface area contributed by atoms with Crippen molar-refractivity contribution in [2.75, 3.05) is 0 Å². The van der Waals surface area contributed by atoms with E-state index in [2.05, 4.69) is 20.7 Å². The van der Waals surface area contributed by atoms with Crippen molar-refractivity contribution in [1.82, 2.24) is 0 Å². The van der Waals surface area contributed by atoms with Crippen molar-refractivity contribution in [3.63, 3.8) is 0 Å². The van der Waals surface area contributed by atoms with Crippen molar-refractivity contribution in [3.8, 4) is 5.75 Å². The molecule has 11 heteroatoms. The molecule has 0 saturated carbocycles. The fourth-order valence-electron chi connectivity index (χ4n) is 1.11. The van der Waals surface area contributed by atoms with Crippen molar-refractivity contribution in [1.29, 1.82) is 0 Å². The Balaban J connectivity index is 3.06. The predicted molar refractivity (Wildman–Crippen MR) is 57.3 cm³/mol. The zero-order valence-electron chi connectivity index (χ0n) is 9.13. The Hall–Kier alpha value is -1.52. The smallest absolute Gasteiger partial charge is 0.430 e. The maximum absolute atomic E-state index is 13.0. The highest BCUT2D eigenvalue weighted by Gasteiger charge is 2.59. The van der Waals surface area contributed by atoms with Crippen molar-refractivity contribution in [3.05, 3.63) is 32.8 Å². The lowest BCUT2D eigenvalue weighted by Gasteiger charge is -2.23. The van der Waals surface area contributed by atoms with Gasteiger partial charge in [-0.15, -0.1) is 0 Å². The quantitative estimate of drug-likeness (QED) is 0.454. The molecule has 0 saturated heterocycles. The molecule has 1 aromatic carbocycles. The van der Waals surface area contributed by atoms with Crippen molar-refractivity contribution in [2.24, 2.45) is 0 Å². The van der Waals surface area contributed by atoms with Crippen LogP contribution in [0.2, 0.25) is 0 Å². The van der Waals surface area contributed by atoms with Crippen molar-refractivity contribution < 1.29 is 36.0 Å². The number of halogens is 7. The number of hydrogen-bond donors (Lipinski definition) is 0. The summed E-state index contributed by atoms with van der Waals surface area (Å²) < 4.78 is 77.7. The highest BCUT2D eigenvalue weighted by atomic mass is 79.9.